The van der Waals surface area contributed by atoms with Crippen LogP contribution in [-0.4, -0.2) is 62.7 Å². The van der Waals surface area contributed by atoms with Crippen molar-refractivity contribution < 1.29 is 4.79 Å². The maximum atomic E-state index is 12.3. The quantitative estimate of drug-likeness (QED) is 0.754. The Kier molecular flexibility index (Phi) is 4.09. The lowest BCUT2D eigenvalue weighted by Gasteiger charge is -2.32. The Morgan fingerprint density at radius 3 is 2.96 bits per heavy atom. The number of carbonyl (C=O) groups excluding carboxylic acids is 1. The number of hydrogen-bond donors (Lipinski definition) is 0. The van der Waals surface area contributed by atoms with E-state index in [-0.39, 0.29) is 23.4 Å². The zero-order valence-corrected chi connectivity index (χ0v) is 15.3. The summed E-state index contributed by atoms with van der Waals surface area (Å²) < 4.78 is 2.19. The molecule has 2 aromatic heterocycles. The van der Waals surface area contributed by atoms with Crippen LogP contribution in [0.4, 0.5) is 0 Å². The highest BCUT2D eigenvalue weighted by molar-refractivity contribution is 8.00. The van der Waals surface area contributed by atoms with E-state index in [2.05, 4.69) is 15.0 Å². The molecular formula is C15H19N5O2S2. The molecule has 0 saturated carbocycles. The number of carbonyl (C=O) groups is 1. The molecule has 2 bridgehead atoms. The average Bonchev–Trinajstić information content (AvgIpc) is 2.82. The van der Waals surface area contributed by atoms with Crippen LogP contribution in [0, 0.1) is 5.92 Å². The van der Waals surface area contributed by atoms with Crippen LogP contribution in [-0.2, 0) is 11.3 Å². The van der Waals surface area contributed by atoms with E-state index in [4.69, 9.17) is 0 Å². The Bertz CT molecular complexity index is 848. The summed E-state index contributed by atoms with van der Waals surface area (Å²) in [6, 6.07) is 1.84. The zero-order chi connectivity index (χ0) is 16.8. The summed E-state index contributed by atoms with van der Waals surface area (Å²) in [6.45, 7) is 2.20. The number of nitrogens with zero attached hydrogens (tertiary/aromatic N) is 5. The van der Waals surface area contributed by atoms with E-state index in [1.807, 2.05) is 18.2 Å². The van der Waals surface area contributed by atoms with E-state index in [9.17, 15) is 9.59 Å². The number of piperidine rings is 1. The molecule has 0 radical (unpaired) electrons. The van der Waals surface area contributed by atoms with Gasteiger partial charge in [-0.25, -0.2) is 4.98 Å². The summed E-state index contributed by atoms with van der Waals surface area (Å²) in [5.74, 6) is 0.328. The van der Waals surface area contributed by atoms with Crippen LogP contribution >= 0.6 is 23.1 Å². The van der Waals surface area contributed by atoms with Gasteiger partial charge in [0.1, 0.15) is 0 Å². The summed E-state index contributed by atoms with van der Waals surface area (Å²) in [4.78, 5) is 33.9. The smallest absolute Gasteiger partial charge is 0.275 e. The van der Waals surface area contributed by atoms with Crippen molar-refractivity contribution >= 4 is 34.0 Å². The van der Waals surface area contributed by atoms with Crippen LogP contribution in [0.25, 0.3) is 4.96 Å². The molecule has 9 heteroatoms. The maximum absolute atomic E-state index is 12.3. The Labute approximate surface area is 147 Å². The Morgan fingerprint density at radius 2 is 2.17 bits per heavy atom. The maximum Gasteiger partial charge on any atom is 0.275 e. The van der Waals surface area contributed by atoms with E-state index in [1.54, 1.807) is 6.07 Å². The molecule has 3 aliphatic rings. The van der Waals surface area contributed by atoms with Crippen molar-refractivity contribution in [3.05, 3.63) is 22.1 Å². The van der Waals surface area contributed by atoms with E-state index < -0.39 is 0 Å². The third-order valence-electron chi connectivity index (χ3n) is 4.88. The first-order valence-corrected chi connectivity index (χ1v) is 10.0. The molecular weight excluding hydrogens is 346 g/mol. The standard InChI is InChI=1S/C15H19N5O2S2/c1-18-11-4-3-9(13(18)22)6-19(8-11)7-10-5-12(21)20-14(16-10)24-15(17-20)23-2/h5,9,11H,3-4,6-8H2,1-2H3/t9-,11+/m1/s1. The highest BCUT2D eigenvalue weighted by Gasteiger charge is 2.38. The number of thioether (sulfide) groups is 1. The second kappa shape index (κ2) is 6.12. The molecule has 0 N–H and O–H groups in total. The van der Waals surface area contributed by atoms with Gasteiger partial charge < -0.3 is 4.90 Å². The molecule has 0 aromatic carbocycles. The van der Waals surface area contributed by atoms with Gasteiger partial charge in [0.15, 0.2) is 4.34 Å². The van der Waals surface area contributed by atoms with Crippen molar-refractivity contribution in [2.45, 2.75) is 29.8 Å². The molecule has 5 rings (SSSR count). The van der Waals surface area contributed by atoms with Crippen LogP contribution < -0.4 is 5.56 Å². The lowest BCUT2D eigenvalue weighted by Crippen LogP contribution is -2.45. The summed E-state index contributed by atoms with van der Waals surface area (Å²) >= 11 is 2.94. The molecule has 0 aliphatic carbocycles. The second-order valence-corrected chi connectivity index (χ2v) is 8.43. The van der Waals surface area contributed by atoms with Crippen molar-refractivity contribution in [3.63, 3.8) is 0 Å². The first-order chi connectivity index (χ1) is 11.5. The van der Waals surface area contributed by atoms with Gasteiger partial charge in [-0.1, -0.05) is 23.1 Å². The Balaban J connectivity index is 1.60. The van der Waals surface area contributed by atoms with Crippen LogP contribution in [0.1, 0.15) is 18.5 Å². The monoisotopic (exact) mass is 365 g/mol. The molecule has 24 heavy (non-hydrogen) atoms. The average molecular weight is 365 g/mol. The lowest BCUT2D eigenvalue weighted by atomic mass is 9.95. The van der Waals surface area contributed by atoms with Gasteiger partial charge in [0.2, 0.25) is 10.9 Å². The second-order valence-electron chi connectivity index (χ2n) is 6.42. The molecule has 3 aliphatic heterocycles. The van der Waals surface area contributed by atoms with Crippen molar-refractivity contribution in [1.29, 1.82) is 0 Å². The molecule has 5 heterocycles. The fraction of sp³-hybridized carbons (Fsp3) is 0.600. The minimum absolute atomic E-state index is 0.0741. The summed E-state index contributed by atoms with van der Waals surface area (Å²) in [5.41, 5.74) is 0.616. The first-order valence-electron chi connectivity index (χ1n) is 7.98. The fourth-order valence-corrected chi connectivity index (χ4v) is 4.99. The van der Waals surface area contributed by atoms with Crippen molar-refractivity contribution in [3.8, 4) is 0 Å². The third kappa shape index (κ3) is 2.74. The summed E-state index contributed by atoms with van der Waals surface area (Å²) in [6.07, 6.45) is 3.96. The van der Waals surface area contributed by atoms with E-state index in [1.165, 1.54) is 27.6 Å². The van der Waals surface area contributed by atoms with E-state index >= 15 is 0 Å². The number of likely N-dealkylation sites (N-methyl/N-ethyl adjacent to an activating group) is 1. The van der Waals surface area contributed by atoms with E-state index in [0.29, 0.717) is 11.5 Å². The topological polar surface area (TPSA) is 70.8 Å². The van der Waals surface area contributed by atoms with Crippen LogP contribution in [0.15, 0.2) is 15.2 Å². The molecule has 1 amide bonds. The van der Waals surface area contributed by atoms with Crippen molar-refractivity contribution in [1.82, 2.24) is 24.4 Å². The fourth-order valence-electron chi connectivity index (χ4n) is 3.61. The molecule has 0 spiro atoms. The number of fused-ring (bicyclic) bond motifs is 5. The first kappa shape index (κ1) is 16.0. The lowest BCUT2D eigenvalue weighted by molar-refractivity contribution is -0.138. The van der Waals surface area contributed by atoms with Gasteiger partial charge in [0.25, 0.3) is 5.56 Å². The van der Waals surface area contributed by atoms with Gasteiger partial charge in [0, 0.05) is 38.8 Å². The Hall–Kier alpha value is -1.45. The molecule has 128 valence electrons. The Morgan fingerprint density at radius 1 is 1.33 bits per heavy atom. The SMILES string of the molecule is CSc1nn2c(=O)cc(CN3C[C@H]4CC[C@@H](C3)N(C)C4=O)nc2s1. The molecule has 0 unspecified atom stereocenters. The molecule has 2 atom stereocenters. The van der Waals surface area contributed by atoms with Gasteiger partial charge in [0.05, 0.1) is 11.6 Å². The number of amides is 1. The van der Waals surface area contributed by atoms with Crippen LogP contribution in [0.5, 0.6) is 0 Å². The van der Waals surface area contributed by atoms with Gasteiger partial charge in [-0.2, -0.15) is 4.52 Å². The third-order valence-corrected chi connectivity index (χ3v) is 6.76. The van der Waals surface area contributed by atoms with Gasteiger partial charge >= 0.3 is 0 Å². The number of aromatic nitrogens is 3. The predicted molar refractivity (Wildman–Crippen MR) is 93.5 cm³/mol. The molecule has 3 fully saturated rings. The molecule has 3 saturated heterocycles. The van der Waals surface area contributed by atoms with Crippen LogP contribution in [0.2, 0.25) is 0 Å². The molecule has 7 nitrogen and oxygen atoms in total. The largest absolute Gasteiger partial charge is 0.341 e. The molecule has 2 aromatic rings. The van der Waals surface area contributed by atoms with Gasteiger partial charge in [-0.3, -0.25) is 14.5 Å². The number of rotatable bonds is 3. The minimum Gasteiger partial charge on any atom is -0.341 e. The van der Waals surface area contributed by atoms with Crippen molar-refractivity contribution in [2.75, 3.05) is 26.4 Å². The van der Waals surface area contributed by atoms with E-state index in [0.717, 1.165) is 36.0 Å². The normalized spacial score (nSPS) is 24.8. The highest BCUT2D eigenvalue weighted by atomic mass is 32.2. The predicted octanol–water partition coefficient (Wildman–Crippen LogP) is 0.925. The van der Waals surface area contributed by atoms with Gasteiger partial charge in [-0.05, 0) is 19.1 Å². The van der Waals surface area contributed by atoms with Gasteiger partial charge in [-0.15, -0.1) is 5.10 Å². The minimum atomic E-state index is -0.141. The number of hydrogen-bond acceptors (Lipinski definition) is 7. The van der Waals surface area contributed by atoms with Crippen LogP contribution in [0.3, 0.4) is 0 Å². The van der Waals surface area contributed by atoms with Crippen molar-refractivity contribution in [2.24, 2.45) is 5.92 Å². The highest BCUT2D eigenvalue weighted by Crippen LogP contribution is 2.28. The summed E-state index contributed by atoms with van der Waals surface area (Å²) in [5, 5.41) is 4.25. The summed E-state index contributed by atoms with van der Waals surface area (Å²) in [7, 11) is 1.90. The zero-order valence-electron chi connectivity index (χ0n) is 13.6.